The number of aromatic nitrogens is 1. The first-order valence-electron chi connectivity index (χ1n) is 10.0. The van der Waals surface area contributed by atoms with Crippen molar-refractivity contribution in [3.63, 3.8) is 0 Å². The third kappa shape index (κ3) is 4.64. The van der Waals surface area contributed by atoms with Gasteiger partial charge in [0.2, 0.25) is 0 Å². The molecule has 5 nitrogen and oxygen atoms in total. The van der Waals surface area contributed by atoms with E-state index >= 15 is 0 Å². The fraction of sp³-hybridized carbons (Fsp3) is 0.120. The molecule has 1 heterocycles. The average Bonchev–Trinajstić information content (AvgIpc) is 3.12. The largest absolute Gasteiger partial charge is 0.350 e. The number of H-pyrrole nitrogens is 1. The molecule has 0 fully saturated rings. The smallest absolute Gasteiger partial charge is 0.269 e. The first kappa shape index (κ1) is 20.3. The Morgan fingerprint density at radius 2 is 1.68 bits per heavy atom. The summed E-state index contributed by atoms with van der Waals surface area (Å²) in [5.41, 5.74) is 3.86. The van der Waals surface area contributed by atoms with Crippen LogP contribution in [0.1, 0.15) is 32.0 Å². The molecule has 156 valence electrons. The molecule has 0 aliphatic heterocycles. The van der Waals surface area contributed by atoms with E-state index in [1.165, 1.54) is 24.3 Å². The number of fused-ring (bicyclic) bond motifs is 1. The molecule has 6 heteroatoms. The predicted molar refractivity (Wildman–Crippen MR) is 120 cm³/mol. The molecular formula is C25H22FN3O2. The van der Waals surface area contributed by atoms with Crippen LogP contribution in [0.25, 0.3) is 10.9 Å². The highest BCUT2D eigenvalue weighted by Crippen LogP contribution is 2.29. The predicted octanol–water partition coefficient (Wildman–Crippen LogP) is 4.84. The van der Waals surface area contributed by atoms with Crippen molar-refractivity contribution in [1.82, 2.24) is 10.3 Å². The van der Waals surface area contributed by atoms with Gasteiger partial charge in [0.1, 0.15) is 11.5 Å². The Hall–Kier alpha value is -3.93. The fourth-order valence-corrected chi connectivity index (χ4v) is 3.45. The summed E-state index contributed by atoms with van der Waals surface area (Å²) in [6.45, 7) is 2.40. The van der Waals surface area contributed by atoms with Crippen LogP contribution in [0.2, 0.25) is 0 Å². The Kier molecular flexibility index (Phi) is 5.80. The number of anilines is 1. The van der Waals surface area contributed by atoms with E-state index < -0.39 is 11.7 Å². The summed E-state index contributed by atoms with van der Waals surface area (Å²) >= 11 is 0. The van der Waals surface area contributed by atoms with Gasteiger partial charge in [-0.3, -0.25) is 9.59 Å². The summed E-state index contributed by atoms with van der Waals surface area (Å²) in [5.74, 6) is -1.14. The molecule has 4 rings (SSSR count). The van der Waals surface area contributed by atoms with Gasteiger partial charge in [0, 0.05) is 23.0 Å². The van der Waals surface area contributed by atoms with Gasteiger partial charge in [0.25, 0.3) is 11.8 Å². The van der Waals surface area contributed by atoms with Crippen molar-refractivity contribution in [2.45, 2.75) is 13.3 Å². The summed E-state index contributed by atoms with van der Waals surface area (Å²) < 4.78 is 13.2. The summed E-state index contributed by atoms with van der Waals surface area (Å²) in [7, 11) is 0. The Morgan fingerprint density at radius 1 is 0.935 bits per heavy atom. The van der Waals surface area contributed by atoms with Gasteiger partial charge in [-0.05, 0) is 55.3 Å². The molecule has 0 bridgehead atoms. The highest BCUT2D eigenvalue weighted by molar-refractivity contribution is 6.15. The van der Waals surface area contributed by atoms with E-state index in [1.54, 1.807) is 0 Å². The Bertz CT molecular complexity index is 1230. The van der Waals surface area contributed by atoms with Gasteiger partial charge >= 0.3 is 0 Å². The zero-order valence-corrected chi connectivity index (χ0v) is 17.0. The maximum atomic E-state index is 13.2. The van der Waals surface area contributed by atoms with E-state index in [-0.39, 0.29) is 11.6 Å². The van der Waals surface area contributed by atoms with Gasteiger partial charge in [-0.2, -0.15) is 0 Å². The van der Waals surface area contributed by atoms with E-state index in [0.717, 1.165) is 22.0 Å². The minimum absolute atomic E-state index is 0.282. The number of nitrogens with one attached hydrogen (secondary N) is 3. The molecule has 0 saturated carbocycles. The van der Waals surface area contributed by atoms with Crippen LogP contribution < -0.4 is 10.6 Å². The fourth-order valence-electron chi connectivity index (χ4n) is 3.45. The molecular weight excluding hydrogens is 393 g/mol. The third-order valence-corrected chi connectivity index (χ3v) is 5.07. The molecule has 3 aromatic carbocycles. The van der Waals surface area contributed by atoms with Crippen molar-refractivity contribution >= 4 is 28.4 Å². The number of halogens is 1. The molecule has 0 radical (unpaired) electrons. The van der Waals surface area contributed by atoms with E-state index in [2.05, 4.69) is 15.6 Å². The lowest BCUT2D eigenvalue weighted by molar-refractivity contribution is 0.0951. The Morgan fingerprint density at radius 3 is 2.42 bits per heavy atom. The molecule has 0 spiro atoms. The van der Waals surface area contributed by atoms with Crippen LogP contribution in [0.4, 0.5) is 10.1 Å². The van der Waals surface area contributed by atoms with E-state index in [4.69, 9.17) is 0 Å². The van der Waals surface area contributed by atoms with Crippen LogP contribution >= 0.6 is 0 Å². The van der Waals surface area contributed by atoms with Gasteiger partial charge in [-0.25, -0.2) is 4.39 Å². The number of aromatic amines is 1. The number of hydrogen-bond acceptors (Lipinski definition) is 2. The van der Waals surface area contributed by atoms with Crippen LogP contribution in [0.3, 0.4) is 0 Å². The highest BCUT2D eigenvalue weighted by atomic mass is 19.1. The van der Waals surface area contributed by atoms with Crippen molar-refractivity contribution < 1.29 is 14.0 Å². The first-order chi connectivity index (χ1) is 15.0. The molecule has 2 amide bonds. The summed E-state index contributed by atoms with van der Waals surface area (Å²) in [6.07, 6.45) is 0.698. The average molecular weight is 415 g/mol. The van der Waals surface area contributed by atoms with Gasteiger partial charge < -0.3 is 15.6 Å². The monoisotopic (exact) mass is 415 g/mol. The van der Waals surface area contributed by atoms with Crippen molar-refractivity contribution in [2.24, 2.45) is 0 Å². The number of amides is 2. The second-order valence-electron chi connectivity index (χ2n) is 7.38. The number of hydrogen-bond donors (Lipinski definition) is 3. The molecule has 0 aliphatic rings. The van der Waals surface area contributed by atoms with Crippen molar-refractivity contribution in [2.75, 3.05) is 11.9 Å². The van der Waals surface area contributed by atoms with Crippen molar-refractivity contribution in [3.8, 4) is 0 Å². The second-order valence-corrected chi connectivity index (χ2v) is 7.38. The standard InChI is InChI=1S/C25H22FN3O2/c1-16-7-12-21-20(15-16)22(29-24(30)18-8-10-19(26)11-9-18)23(28-21)25(31)27-14-13-17-5-3-2-4-6-17/h2-12,15,28H,13-14H2,1H3,(H,27,31)(H,29,30). The maximum absolute atomic E-state index is 13.2. The van der Waals surface area contributed by atoms with Crippen LogP contribution in [-0.2, 0) is 6.42 Å². The van der Waals surface area contributed by atoms with Gasteiger partial charge in [0.15, 0.2) is 0 Å². The molecule has 0 atom stereocenters. The van der Waals surface area contributed by atoms with Gasteiger partial charge in [-0.1, -0.05) is 42.0 Å². The van der Waals surface area contributed by atoms with Gasteiger partial charge in [-0.15, -0.1) is 0 Å². The van der Waals surface area contributed by atoms with Crippen molar-refractivity contribution in [3.05, 3.63) is 101 Å². The number of aryl methyl sites for hydroxylation is 1. The molecule has 0 unspecified atom stereocenters. The van der Waals surface area contributed by atoms with Gasteiger partial charge in [0.05, 0.1) is 5.69 Å². The highest BCUT2D eigenvalue weighted by Gasteiger charge is 2.20. The van der Waals surface area contributed by atoms with Crippen LogP contribution in [0.15, 0.2) is 72.8 Å². The minimum Gasteiger partial charge on any atom is -0.350 e. The first-order valence-corrected chi connectivity index (χ1v) is 10.0. The Labute approximate surface area is 179 Å². The summed E-state index contributed by atoms with van der Waals surface area (Å²) in [6, 6.07) is 20.9. The summed E-state index contributed by atoms with van der Waals surface area (Å²) in [4.78, 5) is 28.8. The third-order valence-electron chi connectivity index (χ3n) is 5.07. The maximum Gasteiger partial charge on any atom is 0.269 e. The molecule has 31 heavy (non-hydrogen) atoms. The van der Waals surface area contributed by atoms with E-state index in [9.17, 15) is 14.0 Å². The molecule has 4 aromatic rings. The lowest BCUT2D eigenvalue weighted by atomic mass is 10.1. The summed E-state index contributed by atoms with van der Waals surface area (Å²) in [5, 5.41) is 6.48. The normalized spacial score (nSPS) is 10.8. The molecule has 1 aromatic heterocycles. The zero-order chi connectivity index (χ0) is 21.8. The molecule has 0 saturated heterocycles. The van der Waals surface area contributed by atoms with Crippen molar-refractivity contribution in [1.29, 1.82) is 0 Å². The second kappa shape index (κ2) is 8.83. The number of benzene rings is 3. The molecule has 3 N–H and O–H groups in total. The SMILES string of the molecule is Cc1ccc2[nH]c(C(=O)NCCc3ccccc3)c(NC(=O)c3ccc(F)cc3)c2c1. The molecule has 0 aliphatic carbocycles. The van der Waals surface area contributed by atoms with E-state index in [1.807, 2.05) is 55.5 Å². The van der Waals surface area contributed by atoms with E-state index in [0.29, 0.717) is 24.2 Å². The lowest BCUT2D eigenvalue weighted by Crippen LogP contribution is -2.27. The Balaban J connectivity index is 1.59. The number of carbonyl (C=O) groups is 2. The number of carbonyl (C=O) groups excluding carboxylic acids is 2. The zero-order valence-electron chi connectivity index (χ0n) is 17.0. The van der Waals surface area contributed by atoms with Crippen LogP contribution in [0.5, 0.6) is 0 Å². The van der Waals surface area contributed by atoms with Crippen LogP contribution in [0, 0.1) is 12.7 Å². The quantitative estimate of drug-likeness (QED) is 0.422. The van der Waals surface area contributed by atoms with Crippen LogP contribution in [-0.4, -0.2) is 23.3 Å². The topological polar surface area (TPSA) is 74.0 Å². The number of rotatable bonds is 6. The lowest BCUT2D eigenvalue weighted by Gasteiger charge is -2.09. The minimum atomic E-state index is -0.419.